The molecule has 1 saturated heterocycles. The number of rotatable bonds is 5. The van der Waals surface area contributed by atoms with E-state index >= 15 is 0 Å². The van der Waals surface area contributed by atoms with Crippen LogP contribution in [0.15, 0.2) is 30.9 Å². The third-order valence-electron chi connectivity index (χ3n) is 5.85. The Morgan fingerprint density at radius 3 is 2.76 bits per heavy atom. The second kappa shape index (κ2) is 8.32. The van der Waals surface area contributed by atoms with Crippen LogP contribution in [0.2, 0.25) is 0 Å². The van der Waals surface area contributed by atoms with Gasteiger partial charge < -0.3 is 19.5 Å². The summed E-state index contributed by atoms with van der Waals surface area (Å²) < 4.78 is 7.78. The molecule has 4 heterocycles. The molecule has 3 aromatic rings. The molecule has 2 fully saturated rings. The normalized spacial score (nSPS) is 18.3. The maximum Gasteiger partial charge on any atom is 0.229 e. The van der Waals surface area contributed by atoms with Crippen molar-refractivity contribution in [2.75, 3.05) is 36.5 Å². The fourth-order valence-corrected chi connectivity index (χ4v) is 4.25. The van der Waals surface area contributed by atoms with Gasteiger partial charge in [0.15, 0.2) is 17.0 Å². The lowest BCUT2D eigenvalue weighted by Gasteiger charge is -2.27. The lowest BCUT2D eigenvalue weighted by atomic mass is 9.95. The van der Waals surface area contributed by atoms with Crippen LogP contribution in [0.4, 0.5) is 11.8 Å². The molecule has 1 N–H and O–H groups in total. The summed E-state index contributed by atoms with van der Waals surface area (Å²) >= 11 is 0. The first-order valence-electron chi connectivity index (χ1n) is 10.6. The summed E-state index contributed by atoms with van der Waals surface area (Å²) in [7, 11) is 0. The van der Waals surface area contributed by atoms with Crippen LogP contribution in [-0.2, 0) is 11.3 Å². The van der Waals surface area contributed by atoms with E-state index in [1.165, 1.54) is 32.1 Å². The summed E-state index contributed by atoms with van der Waals surface area (Å²) in [5.74, 6) is 1.54. The monoisotopic (exact) mass is 393 g/mol. The highest BCUT2D eigenvalue weighted by Gasteiger charge is 2.23. The lowest BCUT2D eigenvalue weighted by molar-refractivity contribution is 0.122. The van der Waals surface area contributed by atoms with Crippen LogP contribution in [0, 0.1) is 0 Å². The van der Waals surface area contributed by atoms with Gasteiger partial charge in [-0.05, 0) is 24.5 Å². The Labute approximate surface area is 170 Å². The van der Waals surface area contributed by atoms with Gasteiger partial charge in [-0.1, -0.05) is 25.3 Å². The Morgan fingerprint density at radius 2 is 1.97 bits per heavy atom. The molecule has 0 bridgehead atoms. The summed E-state index contributed by atoms with van der Waals surface area (Å²) in [5.41, 5.74) is 2.89. The third kappa shape index (κ3) is 3.89. The smallest absolute Gasteiger partial charge is 0.229 e. The van der Waals surface area contributed by atoms with Gasteiger partial charge in [-0.25, -0.2) is 4.98 Å². The maximum absolute atomic E-state index is 5.51. The zero-order valence-electron chi connectivity index (χ0n) is 16.6. The van der Waals surface area contributed by atoms with Crippen molar-refractivity contribution in [3.63, 3.8) is 0 Å². The van der Waals surface area contributed by atoms with Crippen LogP contribution in [0.25, 0.3) is 11.2 Å². The van der Waals surface area contributed by atoms with Crippen LogP contribution in [0.3, 0.4) is 0 Å². The number of imidazole rings is 1. The van der Waals surface area contributed by atoms with Gasteiger partial charge in [-0.15, -0.1) is 0 Å². The molecule has 29 heavy (non-hydrogen) atoms. The Balaban J connectivity index is 1.51. The molecule has 0 aromatic carbocycles. The van der Waals surface area contributed by atoms with Gasteiger partial charge in [-0.3, -0.25) is 4.98 Å². The standard InChI is InChI=1S/C21H27N7O/c1-2-6-17(7-3-1)28-15-24-18-19(23-14-16-5-4-8-22-13-16)25-21(26-20(18)28)27-9-11-29-12-10-27/h4-5,8,13,15,17H,1-3,6-7,9-12,14H2,(H,23,25,26). The van der Waals surface area contributed by atoms with Crippen molar-refractivity contribution in [2.45, 2.75) is 44.7 Å². The maximum atomic E-state index is 5.51. The number of morpholine rings is 1. The van der Waals surface area contributed by atoms with Gasteiger partial charge in [-0.2, -0.15) is 9.97 Å². The molecule has 1 aliphatic carbocycles. The predicted octanol–water partition coefficient (Wildman–Crippen LogP) is 3.18. The summed E-state index contributed by atoms with van der Waals surface area (Å²) in [5, 5.41) is 3.47. The minimum Gasteiger partial charge on any atom is -0.378 e. The highest BCUT2D eigenvalue weighted by Crippen LogP contribution is 2.32. The first-order chi connectivity index (χ1) is 14.4. The van der Waals surface area contributed by atoms with Crippen molar-refractivity contribution in [3.05, 3.63) is 36.4 Å². The van der Waals surface area contributed by atoms with Gasteiger partial charge in [0.2, 0.25) is 5.95 Å². The average Bonchev–Trinajstić information content (AvgIpc) is 3.23. The van der Waals surface area contributed by atoms with Gasteiger partial charge in [0.25, 0.3) is 0 Å². The van der Waals surface area contributed by atoms with Gasteiger partial charge in [0.1, 0.15) is 0 Å². The number of anilines is 2. The van der Waals surface area contributed by atoms with E-state index in [2.05, 4.69) is 25.8 Å². The molecule has 152 valence electrons. The Kier molecular flexibility index (Phi) is 5.25. The summed E-state index contributed by atoms with van der Waals surface area (Å²) in [6.45, 7) is 3.69. The number of fused-ring (bicyclic) bond motifs is 1. The summed E-state index contributed by atoms with van der Waals surface area (Å²) in [6, 6.07) is 4.48. The van der Waals surface area contributed by atoms with Crippen LogP contribution >= 0.6 is 0 Å². The summed E-state index contributed by atoms with van der Waals surface area (Å²) in [4.78, 5) is 20.9. The van der Waals surface area contributed by atoms with Crippen LogP contribution in [-0.4, -0.2) is 50.8 Å². The minimum absolute atomic E-state index is 0.479. The van der Waals surface area contributed by atoms with E-state index < -0.39 is 0 Å². The number of hydrogen-bond donors (Lipinski definition) is 1. The van der Waals surface area contributed by atoms with Gasteiger partial charge >= 0.3 is 0 Å². The van der Waals surface area contributed by atoms with Crippen molar-refractivity contribution >= 4 is 22.9 Å². The predicted molar refractivity (Wildman–Crippen MR) is 112 cm³/mol. The van der Waals surface area contributed by atoms with Crippen molar-refractivity contribution in [1.82, 2.24) is 24.5 Å². The quantitative estimate of drug-likeness (QED) is 0.713. The average molecular weight is 393 g/mol. The molecule has 1 aliphatic heterocycles. The van der Waals surface area contributed by atoms with Crippen molar-refractivity contribution in [2.24, 2.45) is 0 Å². The van der Waals surface area contributed by atoms with Crippen LogP contribution < -0.4 is 10.2 Å². The molecular formula is C21H27N7O. The molecule has 8 heteroatoms. The fourth-order valence-electron chi connectivity index (χ4n) is 4.25. The molecule has 5 rings (SSSR count). The van der Waals surface area contributed by atoms with Crippen molar-refractivity contribution in [1.29, 1.82) is 0 Å². The third-order valence-corrected chi connectivity index (χ3v) is 5.85. The van der Waals surface area contributed by atoms with E-state index in [9.17, 15) is 0 Å². The zero-order chi connectivity index (χ0) is 19.5. The molecule has 0 unspecified atom stereocenters. The van der Waals surface area contributed by atoms with Crippen molar-refractivity contribution in [3.8, 4) is 0 Å². The number of pyridine rings is 1. The van der Waals surface area contributed by atoms with E-state index in [-0.39, 0.29) is 0 Å². The Hall–Kier alpha value is -2.74. The SMILES string of the molecule is c1cncc(CNc2nc(N3CCOCC3)nc3c2ncn3C2CCCCC2)c1. The number of nitrogens with one attached hydrogen (secondary N) is 1. The van der Waals surface area contributed by atoms with Gasteiger partial charge in [0.05, 0.1) is 19.5 Å². The second-order valence-electron chi connectivity index (χ2n) is 7.80. The second-order valence-corrected chi connectivity index (χ2v) is 7.80. The Bertz CT molecular complexity index is 946. The number of nitrogens with zero attached hydrogens (tertiary/aromatic N) is 6. The molecule has 8 nitrogen and oxygen atoms in total. The molecule has 2 aliphatic rings. The van der Waals surface area contributed by atoms with Crippen molar-refractivity contribution < 1.29 is 4.74 Å². The van der Waals surface area contributed by atoms with E-state index in [1.807, 2.05) is 18.6 Å². The number of aromatic nitrogens is 5. The first-order valence-corrected chi connectivity index (χ1v) is 10.6. The highest BCUT2D eigenvalue weighted by atomic mass is 16.5. The molecule has 0 radical (unpaired) electrons. The highest BCUT2D eigenvalue weighted by molar-refractivity contribution is 5.84. The fraction of sp³-hybridized carbons (Fsp3) is 0.524. The lowest BCUT2D eigenvalue weighted by Crippen LogP contribution is -2.37. The van der Waals surface area contributed by atoms with E-state index in [0.29, 0.717) is 25.8 Å². The zero-order valence-corrected chi connectivity index (χ0v) is 16.6. The first kappa shape index (κ1) is 18.3. The van der Waals surface area contributed by atoms with E-state index in [1.54, 1.807) is 6.20 Å². The number of hydrogen-bond acceptors (Lipinski definition) is 7. The molecule has 0 atom stereocenters. The topological polar surface area (TPSA) is 81.0 Å². The van der Waals surface area contributed by atoms with E-state index in [0.717, 1.165) is 41.6 Å². The number of ether oxygens (including phenoxy) is 1. The van der Waals surface area contributed by atoms with Crippen LogP contribution in [0.5, 0.6) is 0 Å². The minimum atomic E-state index is 0.479. The molecule has 0 amide bonds. The molecular weight excluding hydrogens is 366 g/mol. The Morgan fingerprint density at radius 1 is 1.10 bits per heavy atom. The largest absolute Gasteiger partial charge is 0.378 e. The molecule has 1 saturated carbocycles. The van der Waals surface area contributed by atoms with E-state index in [4.69, 9.17) is 19.7 Å². The van der Waals surface area contributed by atoms with Crippen LogP contribution in [0.1, 0.15) is 43.7 Å². The summed E-state index contributed by atoms with van der Waals surface area (Å²) in [6.07, 6.45) is 11.9. The van der Waals surface area contributed by atoms with Gasteiger partial charge in [0, 0.05) is 38.1 Å². The molecule has 3 aromatic heterocycles. The molecule has 0 spiro atoms.